The minimum absolute atomic E-state index is 0.0469. The number of cyclic esters (lactones) is 1. The van der Waals surface area contributed by atoms with Gasteiger partial charge in [-0.25, -0.2) is 0 Å². The summed E-state index contributed by atoms with van der Waals surface area (Å²) < 4.78 is 39.0. The summed E-state index contributed by atoms with van der Waals surface area (Å²) in [5.74, 6) is -6.88. The zero-order chi connectivity index (χ0) is 42.1. The van der Waals surface area contributed by atoms with Crippen LogP contribution in [-0.2, 0) is 70.6 Å². The molecule has 15 heteroatoms. The average molecular weight is 1020 g/mol. The number of nitrogens with zero attached hydrogens (tertiary/aromatic N) is 1. The molecule has 0 aromatic rings. The van der Waals surface area contributed by atoms with Gasteiger partial charge in [-0.3, -0.25) is 0 Å². The minimum atomic E-state index is -2.49. The van der Waals surface area contributed by atoms with Crippen molar-refractivity contribution in [1.82, 2.24) is 4.90 Å². The first kappa shape index (κ1) is 48.2. The van der Waals surface area contributed by atoms with Gasteiger partial charge in [-0.05, 0) is 6.42 Å². The van der Waals surface area contributed by atoms with Crippen LogP contribution >= 0.6 is 8.25 Å². The van der Waals surface area contributed by atoms with Crippen LogP contribution in [0.25, 0.3) is 0 Å². The molecular weight excluding hydrogens is 947 g/mol. The summed E-state index contributed by atoms with van der Waals surface area (Å²) in [5, 5.41) is 11.9. The van der Waals surface area contributed by atoms with Crippen molar-refractivity contribution in [3.8, 4) is 0 Å². The normalized spacial score (nSPS) is 41.1. The molecule has 4 aliphatic heterocycles. The Hall–Kier alpha value is -0.518. The first-order chi connectivity index (χ1) is 26.0. The monoisotopic (exact) mass is 1020 g/mol. The predicted octanol–water partition coefficient (Wildman–Crippen LogP) is 6.64. The number of carbonyl (C=O) groups is 4. The van der Waals surface area contributed by atoms with E-state index in [-0.39, 0.29) is 51.6 Å². The third-order valence-electron chi connectivity index (χ3n) is 14.1. The molecule has 4 rings (SSSR count). The van der Waals surface area contributed by atoms with Crippen LogP contribution in [0.4, 0.5) is 0 Å². The molecule has 12 nitrogen and oxygen atoms in total. The number of aliphatic hydroxyl groups is 1. The fourth-order valence-electron chi connectivity index (χ4n) is 9.70. The number of piperidine rings is 1. The van der Waals surface area contributed by atoms with Crippen LogP contribution in [0.5, 0.6) is 0 Å². The summed E-state index contributed by atoms with van der Waals surface area (Å²) in [7, 11) is 7.75. The molecule has 318 valence electrons. The van der Waals surface area contributed by atoms with E-state index in [2.05, 4.69) is 54.6 Å². The molecule has 4 aliphatic rings. The van der Waals surface area contributed by atoms with Crippen molar-refractivity contribution in [2.45, 2.75) is 189 Å². The molecule has 0 unspecified atom stereocenters. The van der Waals surface area contributed by atoms with Gasteiger partial charge in [0.2, 0.25) is 0 Å². The van der Waals surface area contributed by atoms with Gasteiger partial charge in [0.15, 0.2) is 0 Å². The second-order valence-corrected chi connectivity index (χ2v) is 31.2. The number of halogens is 1. The SMILES string of the molecule is CC[C@H]1[C@H]2C[C@H](O[Si](C)(C)C(C)(C)C)[C@@H](C)[C@@H](C(C)=O)OC(=O)[C@@H]3CCCCN3C(=O)C(=O)[C@]3(O)O[C@H]([C@@H](OC)C[C@@H](C)C[C@](C)(O2)[C@H]1[Hg][Cl])[C@@H](OC)C[C@H]3C. The second-order valence-electron chi connectivity index (χ2n) is 19.1. The Bertz CT molecular complexity index is 1420. The zero-order valence-electron chi connectivity index (χ0n) is 36.4. The summed E-state index contributed by atoms with van der Waals surface area (Å²) in [4.78, 5) is 57.4. The molecule has 1 N–H and O–H groups in total. The summed E-state index contributed by atoms with van der Waals surface area (Å²) in [6, 6.07) is -1.13. The number of carbonyl (C=O) groups excluding carboxylic acids is 4. The van der Waals surface area contributed by atoms with E-state index in [4.69, 9.17) is 36.4 Å². The van der Waals surface area contributed by atoms with E-state index in [1.165, 1.54) is 11.8 Å². The van der Waals surface area contributed by atoms with Gasteiger partial charge in [-0.2, -0.15) is 0 Å². The van der Waals surface area contributed by atoms with Gasteiger partial charge >= 0.3 is 348 Å². The number of ether oxygens (including phenoxy) is 5. The van der Waals surface area contributed by atoms with Crippen LogP contribution in [0.3, 0.4) is 0 Å². The van der Waals surface area contributed by atoms with Crippen molar-refractivity contribution >= 4 is 40.0 Å². The van der Waals surface area contributed by atoms with Gasteiger partial charge in [-0.1, -0.05) is 0 Å². The molecule has 0 radical (unpaired) electrons. The summed E-state index contributed by atoms with van der Waals surface area (Å²) in [6.45, 7) is 22.5. The molecule has 4 heterocycles. The fourth-order valence-corrected chi connectivity index (χ4v) is 21.6. The van der Waals surface area contributed by atoms with E-state index in [1.807, 2.05) is 6.92 Å². The van der Waals surface area contributed by atoms with Gasteiger partial charge < -0.3 is 0 Å². The number of ketones is 2. The molecule has 0 spiro atoms. The van der Waals surface area contributed by atoms with Crippen LogP contribution in [0.15, 0.2) is 0 Å². The molecule has 4 saturated heterocycles. The summed E-state index contributed by atoms with van der Waals surface area (Å²) >= 11 is -1.99. The number of Topliss-reactive ketones (excluding diaryl/α,β-unsaturated/α-hetero) is 2. The first-order valence-corrected chi connectivity index (χ1v) is 33.8. The van der Waals surface area contributed by atoms with Gasteiger partial charge in [0, 0.05) is 0 Å². The van der Waals surface area contributed by atoms with Crippen molar-refractivity contribution in [1.29, 1.82) is 0 Å². The number of hydrogen-bond donors (Lipinski definition) is 1. The van der Waals surface area contributed by atoms with E-state index in [9.17, 15) is 24.3 Å². The van der Waals surface area contributed by atoms with E-state index >= 15 is 0 Å². The maximum absolute atomic E-state index is 14.2. The van der Waals surface area contributed by atoms with Crippen LogP contribution in [0.2, 0.25) is 21.6 Å². The molecule has 56 heavy (non-hydrogen) atoms. The van der Waals surface area contributed by atoms with Gasteiger partial charge in [0.05, 0.1) is 0 Å². The molecular formula is C41H70ClHgNO11Si. The van der Waals surface area contributed by atoms with Crippen LogP contribution < -0.4 is 0 Å². The van der Waals surface area contributed by atoms with E-state index < -0.39 is 109 Å². The quantitative estimate of drug-likeness (QED) is 0.167. The van der Waals surface area contributed by atoms with E-state index in [1.54, 1.807) is 21.1 Å². The molecule has 0 saturated carbocycles. The number of rotatable bonds is 7. The summed E-state index contributed by atoms with van der Waals surface area (Å²) in [5.41, 5.74) is -0.527. The fraction of sp³-hybridized carbons (Fsp3) is 0.902. The van der Waals surface area contributed by atoms with E-state index in [0.717, 1.165) is 6.42 Å². The molecule has 1 amide bonds. The van der Waals surface area contributed by atoms with Crippen LogP contribution in [0, 0.1) is 23.7 Å². The van der Waals surface area contributed by atoms with Crippen molar-refractivity contribution in [3.63, 3.8) is 0 Å². The average Bonchev–Trinajstić information content (AvgIpc) is 3.40. The number of hydrogen-bond acceptors (Lipinski definition) is 11. The molecule has 0 aliphatic carbocycles. The first-order valence-electron chi connectivity index (χ1n) is 20.9. The predicted molar refractivity (Wildman–Crippen MR) is 211 cm³/mol. The standard InChI is InChI=1S/C41H70NO11Si.ClH.Hg/c1-14-28-23-40(9)22-24(2)19-32(48-10)35-33(49-11)20-25(3)41(47,52-35)36(44)37(45)42-18-16-15-17-29(42)38(46)50-34(27(5)43)26(4)30(21-31(28)51-40)53-54(12,13)39(6,7)8;;/h23-26,28-35,47H,14-22H2,1-13H3;1H;/q;;+1/p-1/t24-,25-,26-,28-,29+,30+,31-,32+,33+,34+,35-,40+,41-;;/m1../s1. The van der Waals surface area contributed by atoms with Crippen molar-refractivity contribution < 1.29 is 75.7 Å². The third-order valence-corrected chi connectivity index (χ3v) is 28.5. The van der Waals surface area contributed by atoms with E-state index in [0.29, 0.717) is 32.1 Å². The number of methoxy groups -OCH3 is 2. The molecule has 4 bridgehead atoms. The number of amides is 1. The topological polar surface area (TPSA) is 147 Å². The Morgan fingerprint density at radius 1 is 1.02 bits per heavy atom. The Morgan fingerprint density at radius 3 is 2.20 bits per heavy atom. The molecule has 0 aromatic carbocycles. The van der Waals surface area contributed by atoms with Crippen LogP contribution in [0.1, 0.15) is 114 Å². The Morgan fingerprint density at radius 2 is 1.64 bits per heavy atom. The zero-order valence-corrected chi connectivity index (χ0v) is 43.6. The Kier molecular flexibility index (Phi) is 16.4. The van der Waals surface area contributed by atoms with Gasteiger partial charge in [-0.15, -0.1) is 0 Å². The van der Waals surface area contributed by atoms with Crippen molar-refractivity contribution in [2.75, 3.05) is 20.8 Å². The van der Waals surface area contributed by atoms with Gasteiger partial charge in [0.1, 0.15) is 0 Å². The van der Waals surface area contributed by atoms with Gasteiger partial charge in [0.25, 0.3) is 0 Å². The Labute approximate surface area is 352 Å². The molecule has 0 aromatic heterocycles. The summed E-state index contributed by atoms with van der Waals surface area (Å²) in [6.07, 6.45) is 0.375. The molecule has 4 fully saturated rings. The third kappa shape index (κ3) is 9.98. The Balaban J connectivity index is 1.86. The van der Waals surface area contributed by atoms with Crippen molar-refractivity contribution in [3.05, 3.63) is 0 Å². The maximum atomic E-state index is 14.2. The number of esters is 1. The van der Waals surface area contributed by atoms with Crippen molar-refractivity contribution in [2.24, 2.45) is 23.7 Å². The second kappa shape index (κ2) is 19.0. The molecule has 14 atom stereocenters. The number of fused-ring (bicyclic) bond motifs is 5. The van der Waals surface area contributed by atoms with Crippen LogP contribution in [-0.4, -0.2) is 117 Å².